The summed E-state index contributed by atoms with van der Waals surface area (Å²) in [7, 11) is 0. The van der Waals surface area contributed by atoms with E-state index in [1.165, 1.54) is 51.4 Å². The van der Waals surface area contributed by atoms with Crippen molar-refractivity contribution in [2.75, 3.05) is 13.2 Å². The lowest BCUT2D eigenvalue weighted by Crippen LogP contribution is -2.38. The summed E-state index contributed by atoms with van der Waals surface area (Å²) in [6.45, 7) is 1.85. The zero-order valence-electron chi connectivity index (χ0n) is 9.79. The largest absolute Gasteiger partial charge is 0.381 e. The van der Waals surface area contributed by atoms with Gasteiger partial charge >= 0.3 is 0 Å². The maximum Gasteiger partial charge on any atom is 0.0510 e. The van der Waals surface area contributed by atoms with Crippen LogP contribution in [0.3, 0.4) is 0 Å². The Kier molecular flexibility index (Phi) is 4.45. The molecule has 1 aliphatic heterocycles. The molecule has 0 spiro atoms. The van der Waals surface area contributed by atoms with Crippen molar-refractivity contribution >= 4 is 0 Å². The van der Waals surface area contributed by atoms with Gasteiger partial charge in [-0.2, -0.15) is 0 Å². The van der Waals surface area contributed by atoms with Gasteiger partial charge in [-0.15, -0.1) is 0 Å². The van der Waals surface area contributed by atoms with Gasteiger partial charge in [0.05, 0.1) is 6.61 Å². The first-order chi connectivity index (χ1) is 7.38. The fourth-order valence-electron chi connectivity index (χ4n) is 3.11. The molecule has 1 saturated heterocycles. The lowest BCUT2D eigenvalue weighted by Gasteiger charge is -2.29. The third-order valence-corrected chi connectivity index (χ3v) is 4.20. The molecule has 1 saturated carbocycles. The number of hydrogen-bond acceptors (Lipinski definition) is 2. The number of hydrogen-bond donors (Lipinski definition) is 1. The molecule has 2 heteroatoms. The molecule has 15 heavy (non-hydrogen) atoms. The molecule has 1 aliphatic carbocycles. The maximum atomic E-state index is 6.39. The van der Waals surface area contributed by atoms with E-state index in [4.69, 9.17) is 10.5 Å². The van der Waals surface area contributed by atoms with Gasteiger partial charge < -0.3 is 10.5 Å². The van der Waals surface area contributed by atoms with Gasteiger partial charge in [-0.05, 0) is 31.1 Å². The minimum absolute atomic E-state index is 0.408. The molecule has 2 rings (SSSR count). The standard InChI is InChI=1S/C13H25NO/c14-13(12-8-9-15-10-12)11-6-4-2-1-3-5-7-11/h11-13H,1-10,14H2. The van der Waals surface area contributed by atoms with E-state index in [0.29, 0.717) is 12.0 Å². The Morgan fingerprint density at radius 2 is 1.53 bits per heavy atom. The first-order valence-corrected chi connectivity index (χ1v) is 6.71. The topological polar surface area (TPSA) is 35.2 Å². The Morgan fingerprint density at radius 1 is 0.867 bits per heavy atom. The molecule has 0 bridgehead atoms. The highest BCUT2D eigenvalue weighted by atomic mass is 16.5. The Hall–Kier alpha value is -0.0800. The SMILES string of the molecule is NC(C1CCCCCCC1)C1CCOC1. The van der Waals surface area contributed by atoms with Gasteiger partial charge in [-0.1, -0.05) is 32.1 Å². The molecule has 0 aromatic carbocycles. The van der Waals surface area contributed by atoms with Crippen LogP contribution in [0, 0.1) is 11.8 Å². The van der Waals surface area contributed by atoms with Crippen LogP contribution in [0.4, 0.5) is 0 Å². The fourth-order valence-corrected chi connectivity index (χ4v) is 3.11. The van der Waals surface area contributed by atoms with Gasteiger partial charge in [-0.3, -0.25) is 0 Å². The van der Waals surface area contributed by atoms with Crippen molar-refractivity contribution in [3.05, 3.63) is 0 Å². The van der Waals surface area contributed by atoms with Crippen molar-refractivity contribution in [2.24, 2.45) is 17.6 Å². The Morgan fingerprint density at radius 3 is 2.13 bits per heavy atom. The van der Waals surface area contributed by atoms with E-state index < -0.39 is 0 Å². The molecular weight excluding hydrogens is 186 g/mol. The van der Waals surface area contributed by atoms with Crippen LogP contribution in [-0.2, 0) is 4.74 Å². The monoisotopic (exact) mass is 211 g/mol. The highest BCUT2D eigenvalue weighted by Gasteiger charge is 2.29. The molecular formula is C13H25NO. The van der Waals surface area contributed by atoms with Crippen LogP contribution in [0.25, 0.3) is 0 Å². The quantitative estimate of drug-likeness (QED) is 0.762. The molecule has 0 radical (unpaired) electrons. The van der Waals surface area contributed by atoms with E-state index in [9.17, 15) is 0 Å². The summed E-state index contributed by atoms with van der Waals surface area (Å²) in [5.41, 5.74) is 6.39. The molecule has 2 unspecified atom stereocenters. The second kappa shape index (κ2) is 5.86. The van der Waals surface area contributed by atoms with Gasteiger partial charge in [0.15, 0.2) is 0 Å². The summed E-state index contributed by atoms with van der Waals surface area (Å²) >= 11 is 0. The minimum Gasteiger partial charge on any atom is -0.381 e. The van der Waals surface area contributed by atoms with Crippen molar-refractivity contribution in [3.8, 4) is 0 Å². The van der Waals surface area contributed by atoms with Crippen LogP contribution in [-0.4, -0.2) is 19.3 Å². The Bertz CT molecular complexity index is 169. The first-order valence-electron chi connectivity index (χ1n) is 6.71. The normalized spacial score (nSPS) is 32.2. The predicted octanol–water partition coefficient (Wildman–Crippen LogP) is 2.71. The highest BCUT2D eigenvalue weighted by Crippen LogP contribution is 2.29. The summed E-state index contributed by atoms with van der Waals surface area (Å²) in [4.78, 5) is 0. The van der Waals surface area contributed by atoms with Gasteiger partial charge in [0.2, 0.25) is 0 Å². The van der Waals surface area contributed by atoms with Gasteiger partial charge in [0.25, 0.3) is 0 Å². The minimum atomic E-state index is 0.408. The van der Waals surface area contributed by atoms with E-state index in [0.717, 1.165) is 19.1 Å². The molecule has 2 N–H and O–H groups in total. The summed E-state index contributed by atoms with van der Waals surface area (Å²) in [6.07, 6.45) is 11.0. The van der Waals surface area contributed by atoms with Gasteiger partial charge in [-0.25, -0.2) is 0 Å². The van der Waals surface area contributed by atoms with Crippen molar-refractivity contribution in [1.29, 1.82) is 0 Å². The van der Waals surface area contributed by atoms with E-state index >= 15 is 0 Å². The molecule has 2 fully saturated rings. The second-order valence-corrected chi connectivity index (χ2v) is 5.31. The Labute approximate surface area is 93.6 Å². The summed E-state index contributed by atoms with van der Waals surface area (Å²) in [5.74, 6) is 1.42. The van der Waals surface area contributed by atoms with E-state index in [2.05, 4.69) is 0 Å². The van der Waals surface area contributed by atoms with Crippen LogP contribution < -0.4 is 5.73 Å². The van der Waals surface area contributed by atoms with Crippen LogP contribution in [0.1, 0.15) is 51.4 Å². The van der Waals surface area contributed by atoms with Crippen LogP contribution in [0.2, 0.25) is 0 Å². The average Bonchev–Trinajstić information content (AvgIpc) is 2.68. The number of nitrogens with two attached hydrogens (primary N) is 1. The summed E-state index contributed by atoms with van der Waals surface area (Å²) < 4.78 is 5.44. The van der Waals surface area contributed by atoms with Gasteiger partial charge in [0, 0.05) is 12.6 Å². The molecule has 0 amide bonds. The second-order valence-electron chi connectivity index (χ2n) is 5.31. The van der Waals surface area contributed by atoms with E-state index in [-0.39, 0.29) is 0 Å². The molecule has 88 valence electrons. The van der Waals surface area contributed by atoms with Crippen LogP contribution in [0.5, 0.6) is 0 Å². The average molecular weight is 211 g/mol. The van der Waals surface area contributed by atoms with Crippen molar-refractivity contribution in [2.45, 2.75) is 57.4 Å². The van der Waals surface area contributed by atoms with E-state index in [1.54, 1.807) is 0 Å². The molecule has 0 aromatic heterocycles. The molecule has 0 aromatic rings. The molecule has 1 heterocycles. The number of ether oxygens (including phenoxy) is 1. The van der Waals surface area contributed by atoms with Gasteiger partial charge in [0.1, 0.15) is 0 Å². The summed E-state index contributed by atoms with van der Waals surface area (Å²) in [6, 6.07) is 0.408. The smallest absolute Gasteiger partial charge is 0.0510 e. The Balaban J connectivity index is 1.82. The van der Waals surface area contributed by atoms with Crippen LogP contribution in [0.15, 0.2) is 0 Å². The van der Waals surface area contributed by atoms with Crippen molar-refractivity contribution in [1.82, 2.24) is 0 Å². The van der Waals surface area contributed by atoms with Crippen molar-refractivity contribution < 1.29 is 4.74 Å². The first kappa shape index (κ1) is 11.4. The molecule has 2 atom stereocenters. The highest BCUT2D eigenvalue weighted by molar-refractivity contribution is 4.83. The predicted molar refractivity (Wildman–Crippen MR) is 62.7 cm³/mol. The number of rotatable bonds is 2. The van der Waals surface area contributed by atoms with E-state index in [1.807, 2.05) is 0 Å². The lowest BCUT2D eigenvalue weighted by molar-refractivity contribution is 0.168. The molecule has 2 aliphatic rings. The van der Waals surface area contributed by atoms with Crippen LogP contribution >= 0.6 is 0 Å². The maximum absolute atomic E-state index is 6.39. The third kappa shape index (κ3) is 3.18. The summed E-state index contributed by atoms with van der Waals surface area (Å²) in [5, 5.41) is 0. The van der Waals surface area contributed by atoms with Crippen molar-refractivity contribution in [3.63, 3.8) is 0 Å². The third-order valence-electron chi connectivity index (χ3n) is 4.20. The zero-order chi connectivity index (χ0) is 10.5. The fraction of sp³-hybridized carbons (Fsp3) is 1.00. The lowest BCUT2D eigenvalue weighted by atomic mass is 9.80. The zero-order valence-corrected chi connectivity index (χ0v) is 9.79. The molecule has 2 nitrogen and oxygen atoms in total.